The van der Waals surface area contributed by atoms with Crippen molar-refractivity contribution >= 4 is 10.8 Å². The molecule has 4 unspecified atom stereocenters. The minimum Gasteiger partial charge on any atom is -0.497 e. The molecule has 120 valence electrons. The Labute approximate surface area is 131 Å². The van der Waals surface area contributed by atoms with Crippen molar-refractivity contribution in [1.29, 1.82) is 0 Å². The number of hydrogen-bond donors (Lipinski definition) is 1. The zero-order chi connectivity index (χ0) is 15.8. The van der Waals surface area contributed by atoms with Gasteiger partial charge in [0.2, 0.25) is 0 Å². The molecule has 0 amide bonds. The van der Waals surface area contributed by atoms with E-state index in [4.69, 9.17) is 4.74 Å². The summed E-state index contributed by atoms with van der Waals surface area (Å²) in [6, 6.07) is 8.16. The second-order valence-electron chi connectivity index (χ2n) is 5.57. The summed E-state index contributed by atoms with van der Waals surface area (Å²) in [4.78, 5) is 0. The predicted molar refractivity (Wildman–Crippen MR) is 91.3 cm³/mol. The lowest BCUT2D eigenvalue weighted by Crippen LogP contribution is -2.34. The van der Waals surface area contributed by atoms with Gasteiger partial charge in [-0.25, -0.2) is 0 Å². The van der Waals surface area contributed by atoms with E-state index < -0.39 is 10.8 Å². The van der Waals surface area contributed by atoms with Crippen molar-refractivity contribution in [1.82, 2.24) is 5.32 Å². The first-order valence-electron chi connectivity index (χ1n) is 7.77. The minimum absolute atomic E-state index is 0.0901. The topological polar surface area (TPSA) is 38.3 Å². The first-order valence-corrected chi connectivity index (χ1v) is 9.16. The molecular formula is C17H29NO2S. The summed E-state index contributed by atoms with van der Waals surface area (Å²) in [7, 11) is 0.840. The molecule has 0 fully saturated rings. The molecule has 0 aliphatic heterocycles. The van der Waals surface area contributed by atoms with Gasteiger partial charge in [-0.05, 0) is 37.1 Å². The molecule has 4 heteroatoms. The Bertz CT molecular complexity index is 433. The normalized spacial score (nSPS) is 17.0. The van der Waals surface area contributed by atoms with Gasteiger partial charge in [0.25, 0.3) is 0 Å². The number of hydrogen-bond acceptors (Lipinski definition) is 3. The van der Waals surface area contributed by atoms with Crippen LogP contribution in [0.2, 0.25) is 0 Å². The van der Waals surface area contributed by atoms with E-state index >= 15 is 0 Å². The van der Waals surface area contributed by atoms with Crippen LogP contribution in [0.1, 0.15) is 45.7 Å². The van der Waals surface area contributed by atoms with Crippen LogP contribution >= 0.6 is 0 Å². The summed E-state index contributed by atoms with van der Waals surface area (Å²) in [5, 5.41) is 3.56. The molecule has 1 N–H and O–H groups in total. The van der Waals surface area contributed by atoms with E-state index in [1.807, 2.05) is 12.1 Å². The summed E-state index contributed by atoms with van der Waals surface area (Å²) in [6.07, 6.45) is 1.08. The van der Waals surface area contributed by atoms with Crippen LogP contribution in [0, 0.1) is 5.92 Å². The van der Waals surface area contributed by atoms with E-state index in [2.05, 4.69) is 45.1 Å². The maximum absolute atomic E-state index is 12.6. The van der Waals surface area contributed by atoms with E-state index in [9.17, 15) is 4.21 Å². The first-order chi connectivity index (χ1) is 10.0. The molecule has 1 rings (SSSR count). The molecule has 0 bridgehead atoms. The molecule has 0 spiro atoms. The molecule has 0 saturated carbocycles. The second-order valence-corrected chi connectivity index (χ2v) is 7.41. The Morgan fingerprint density at radius 3 is 2.29 bits per heavy atom. The monoisotopic (exact) mass is 311 g/mol. The van der Waals surface area contributed by atoms with Crippen LogP contribution in [0.15, 0.2) is 24.3 Å². The molecule has 0 heterocycles. The van der Waals surface area contributed by atoms with Gasteiger partial charge in [-0.3, -0.25) is 4.21 Å². The van der Waals surface area contributed by atoms with Crippen molar-refractivity contribution < 1.29 is 8.95 Å². The van der Waals surface area contributed by atoms with Crippen LogP contribution in [-0.2, 0) is 10.8 Å². The van der Waals surface area contributed by atoms with E-state index in [0.717, 1.165) is 24.5 Å². The summed E-state index contributed by atoms with van der Waals surface area (Å²) in [6.45, 7) is 9.34. The van der Waals surface area contributed by atoms with Crippen molar-refractivity contribution in [3.8, 4) is 5.75 Å². The molecule has 0 radical (unpaired) electrons. The quantitative estimate of drug-likeness (QED) is 0.758. The third kappa shape index (κ3) is 5.44. The average Bonchev–Trinajstić information content (AvgIpc) is 2.51. The fraction of sp³-hybridized carbons (Fsp3) is 0.647. The minimum atomic E-state index is -0.828. The van der Waals surface area contributed by atoms with Crippen LogP contribution < -0.4 is 10.1 Å². The molecule has 0 aliphatic carbocycles. The van der Waals surface area contributed by atoms with Crippen molar-refractivity contribution in [2.24, 2.45) is 5.92 Å². The van der Waals surface area contributed by atoms with Gasteiger partial charge in [-0.2, -0.15) is 0 Å². The molecular weight excluding hydrogens is 282 g/mol. The highest BCUT2D eigenvalue weighted by Gasteiger charge is 2.24. The predicted octanol–water partition coefficient (Wildman–Crippen LogP) is 3.53. The summed E-state index contributed by atoms with van der Waals surface area (Å²) < 4.78 is 17.8. The Morgan fingerprint density at radius 1 is 1.19 bits per heavy atom. The summed E-state index contributed by atoms with van der Waals surface area (Å²) >= 11 is 0. The van der Waals surface area contributed by atoms with Gasteiger partial charge < -0.3 is 10.1 Å². The van der Waals surface area contributed by atoms with Crippen molar-refractivity contribution in [3.05, 3.63) is 29.8 Å². The van der Waals surface area contributed by atoms with Crippen molar-refractivity contribution in [2.75, 3.05) is 19.4 Å². The van der Waals surface area contributed by atoms with Gasteiger partial charge in [0.1, 0.15) is 5.75 Å². The molecule has 3 nitrogen and oxygen atoms in total. The summed E-state index contributed by atoms with van der Waals surface area (Å²) in [5.41, 5.74) is 1.17. The highest BCUT2D eigenvalue weighted by atomic mass is 32.2. The van der Waals surface area contributed by atoms with Gasteiger partial charge in [-0.15, -0.1) is 0 Å². The van der Waals surface area contributed by atoms with Gasteiger partial charge in [-0.1, -0.05) is 39.3 Å². The van der Waals surface area contributed by atoms with Crippen molar-refractivity contribution in [3.63, 3.8) is 0 Å². The van der Waals surface area contributed by atoms with Crippen LogP contribution in [0.5, 0.6) is 5.75 Å². The lowest BCUT2D eigenvalue weighted by molar-refractivity contribution is 0.414. The zero-order valence-corrected chi connectivity index (χ0v) is 14.7. The smallest absolute Gasteiger partial charge is 0.118 e. The fourth-order valence-electron chi connectivity index (χ4n) is 2.29. The van der Waals surface area contributed by atoms with E-state index in [0.29, 0.717) is 5.92 Å². The van der Waals surface area contributed by atoms with E-state index in [1.54, 1.807) is 7.11 Å². The molecule has 4 atom stereocenters. The van der Waals surface area contributed by atoms with Crippen LogP contribution in [0.3, 0.4) is 0 Å². The largest absolute Gasteiger partial charge is 0.497 e. The SMILES string of the molecule is CCNC(c1ccc(OC)cc1)C(C)S(=O)CC(C)CC. The Morgan fingerprint density at radius 2 is 1.81 bits per heavy atom. The number of ether oxygens (including phenoxy) is 1. The van der Waals surface area contributed by atoms with Crippen LogP contribution in [0.25, 0.3) is 0 Å². The molecule has 1 aromatic carbocycles. The lowest BCUT2D eigenvalue weighted by Gasteiger charge is -2.26. The van der Waals surface area contributed by atoms with Gasteiger partial charge >= 0.3 is 0 Å². The third-order valence-corrected chi connectivity index (χ3v) is 5.93. The molecule has 0 aliphatic rings. The van der Waals surface area contributed by atoms with Crippen molar-refractivity contribution in [2.45, 2.75) is 45.4 Å². The Hall–Kier alpha value is -0.870. The third-order valence-electron chi connectivity index (χ3n) is 3.93. The van der Waals surface area contributed by atoms with Gasteiger partial charge in [0.05, 0.1) is 12.4 Å². The molecule has 0 aromatic heterocycles. The average molecular weight is 311 g/mol. The number of rotatable bonds is 9. The number of benzene rings is 1. The first kappa shape index (κ1) is 18.2. The lowest BCUT2D eigenvalue weighted by atomic mass is 10.0. The fourth-order valence-corrected chi connectivity index (χ4v) is 3.94. The summed E-state index contributed by atoms with van der Waals surface area (Å²) in [5.74, 6) is 2.13. The molecule has 21 heavy (non-hydrogen) atoms. The highest BCUT2D eigenvalue weighted by molar-refractivity contribution is 7.85. The number of nitrogens with one attached hydrogen (secondary N) is 1. The van der Waals surface area contributed by atoms with Crippen LogP contribution in [0.4, 0.5) is 0 Å². The number of methoxy groups -OCH3 is 1. The standard InChI is InChI=1S/C17H29NO2S/c1-6-13(3)12-21(19)14(4)17(18-7-2)15-8-10-16(20-5)11-9-15/h8-11,13-14,17-18H,6-7,12H2,1-5H3. The Kier molecular flexibility index (Phi) is 7.97. The maximum atomic E-state index is 12.6. The second kappa shape index (κ2) is 9.21. The molecule has 1 aromatic rings. The molecule has 0 saturated heterocycles. The van der Waals surface area contributed by atoms with Gasteiger partial charge in [0, 0.05) is 22.6 Å². The highest BCUT2D eigenvalue weighted by Crippen LogP contribution is 2.24. The Balaban J connectivity index is 2.85. The van der Waals surface area contributed by atoms with Gasteiger partial charge in [0.15, 0.2) is 0 Å². The van der Waals surface area contributed by atoms with E-state index in [-0.39, 0.29) is 11.3 Å². The maximum Gasteiger partial charge on any atom is 0.118 e. The van der Waals surface area contributed by atoms with Crippen LogP contribution in [-0.4, -0.2) is 28.9 Å². The zero-order valence-electron chi connectivity index (χ0n) is 13.9. The van der Waals surface area contributed by atoms with E-state index in [1.165, 1.54) is 5.56 Å².